The van der Waals surface area contributed by atoms with Crippen LogP contribution in [0.1, 0.15) is 18.5 Å². The summed E-state index contributed by atoms with van der Waals surface area (Å²) >= 11 is 1.14. The molecule has 0 aromatic carbocycles. The Morgan fingerprint density at radius 3 is 3.00 bits per heavy atom. The number of rotatable bonds is 9. The van der Waals surface area contributed by atoms with Crippen LogP contribution < -0.4 is 5.32 Å². The number of aldehydes is 1. The normalized spacial score (nSPS) is 10.8. The Hall–Kier alpha value is -2.29. The van der Waals surface area contributed by atoms with Crippen LogP contribution in [0.3, 0.4) is 0 Å². The lowest BCUT2D eigenvalue weighted by Crippen LogP contribution is -2.06. The summed E-state index contributed by atoms with van der Waals surface area (Å²) in [7, 11) is 0. The van der Waals surface area contributed by atoms with Crippen LogP contribution in [0.15, 0.2) is 10.5 Å². The van der Waals surface area contributed by atoms with E-state index in [1.54, 1.807) is 5.38 Å². The molecule has 0 spiro atoms. The maximum atomic E-state index is 10.8. The average molecular weight is 285 g/mol. The van der Waals surface area contributed by atoms with Crippen molar-refractivity contribution in [2.45, 2.75) is 12.8 Å². The van der Waals surface area contributed by atoms with Gasteiger partial charge in [-0.1, -0.05) is 5.16 Å². The van der Waals surface area contributed by atoms with E-state index in [4.69, 9.17) is 9.94 Å². The third-order valence-electron chi connectivity index (χ3n) is 1.85. The Morgan fingerprint density at radius 2 is 2.37 bits per heavy atom. The van der Waals surface area contributed by atoms with Crippen molar-refractivity contribution in [3.63, 3.8) is 0 Å². The van der Waals surface area contributed by atoms with Crippen molar-refractivity contribution in [3.05, 3.63) is 11.1 Å². The predicted molar refractivity (Wildman–Crippen MR) is 67.2 cm³/mol. The molecule has 0 bridgehead atoms. The summed E-state index contributed by atoms with van der Waals surface area (Å²) in [6.45, 7) is 0.0905. The minimum atomic E-state index is -0.924. The minimum absolute atomic E-state index is 0.0227. The molecular weight excluding hydrogens is 274 g/mol. The number of oxime groups is 1. The molecule has 1 aromatic heterocycles. The van der Waals surface area contributed by atoms with Gasteiger partial charge in [0.2, 0.25) is 6.41 Å². The van der Waals surface area contributed by atoms with Crippen molar-refractivity contribution in [1.82, 2.24) is 4.98 Å². The highest BCUT2D eigenvalue weighted by molar-refractivity contribution is 7.14. The second-order valence-electron chi connectivity index (χ2n) is 3.22. The highest BCUT2D eigenvalue weighted by Gasteiger charge is 2.08. The first-order valence-corrected chi connectivity index (χ1v) is 6.08. The molecular formula is C10H11N3O5S. The number of nitrogens with zero attached hydrogens (tertiary/aromatic N) is 2. The molecule has 0 saturated heterocycles. The van der Waals surface area contributed by atoms with Crippen LogP contribution in [0.4, 0.5) is 5.13 Å². The predicted octanol–water partition coefficient (Wildman–Crippen LogP) is 0.496. The van der Waals surface area contributed by atoms with Gasteiger partial charge in [-0.2, -0.15) is 0 Å². The Morgan fingerprint density at radius 1 is 1.58 bits per heavy atom. The zero-order valence-electron chi connectivity index (χ0n) is 9.74. The van der Waals surface area contributed by atoms with Gasteiger partial charge in [0.15, 0.2) is 17.1 Å². The molecule has 1 heterocycles. The first-order valence-electron chi connectivity index (χ1n) is 5.20. The van der Waals surface area contributed by atoms with Crippen molar-refractivity contribution < 1.29 is 24.3 Å². The lowest BCUT2D eigenvalue weighted by Gasteiger charge is -1.98. The minimum Gasteiger partial charge on any atom is -0.481 e. The number of carbonyl (C=O) groups is 3. The lowest BCUT2D eigenvalue weighted by molar-refractivity contribution is -0.137. The fraction of sp³-hybridized carbons (Fsp3) is 0.300. The third kappa shape index (κ3) is 5.25. The monoisotopic (exact) mass is 285 g/mol. The van der Waals surface area contributed by atoms with Crippen molar-refractivity contribution >= 4 is 40.8 Å². The zero-order valence-corrected chi connectivity index (χ0v) is 10.6. The number of anilines is 1. The molecule has 0 saturated carbocycles. The molecule has 19 heavy (non-hydrogen) atoms. The van der Waals surface area contributed by atoms with Gasteiger partial charge in [0.1, 0.15) is 12.3 Å². The van der Waals surface area contributed by atoms with Gasteiger partial charge in [-0.05, 0) is 6.42 Å². The molecule has 1 amide bonds. The number of carbonyl (C=O) groups excluding carboxylic acids is 2. The molecule has 9 heteroatoms. The topological polar surface area (TPSA) is 118 Å². The summed E-state index contributed by atoms with van der Waals surface area (Å²) in [5.41, 5.74) is 0.258. The molecule has 0 aliphatic carbocycles. The van der Waals surface area contributed by atoms with E-state index in [1.165, 1.54) is 0 Å². The summed E-state index contributed by atoms with van der Waals surface area (Å²) in [6.07, 6.45) is 1.20. The number of hydrogen-bond donors (Lipinski definition) is 2. The van der Waals surface area contributed by atoms with Crippen LogP contribution in [0.2, 0.25) is 0 Å². The largest absolute Gasteiger partial charge is 0.481 e. The molecule has 0 atom stereocenters. The number of carboxylic acids is 1. The van der Waals surface area contributed by atoms with Gasteiger partial charge < -0.3 is 15.3 Å². The molecule has 0 aliphatic rings. The van der Waals surface area contributed by atoms with E-state index < -0.39 is 5.97 Å². The molecule has 1 aromatic rings. The van der Waals surface area contributed by atoms with Gasteiger partial charge in [0.05, 0.1) is 0 Å². The average Bonchev–Trinajstić information content (AvgIpc) is 2.82. The van der Waals surface area contributed by atoms with Crippen LogP contribution in [-0.4, -0.2) is 41.1 Å². The van der Waals surface area contributed by atoms with Crippen LogP contribution in [-0.2, 0) is 19.2 Å². The van der Waals surface area contributed by atoms with Crippen molar-refractivity contribution in [1.29, 1.82) is 0 Å². The van der Waals surface area contributed by atoms with Crippen LogP contribution in [0, 0.1) is 0 Å². The van der Waals surface area contributed by atoms with Gasteiger partial charge in [0, 0.05) is 11.8 Å². The number of amides is 1. The van der Waals surface area contributed by atoms with E-state index in [0.717, 1.165) is 11.3 Å². The maximum absolute atomic E-state index is 10.8. The Labute approximate surface area is 112 Å². The molecule has 2 N–H and O–H groups in total. The summed E-state index contributed by atoms with van der Waals surface area (Å²) in [6, 6.07) is 0. The quantitative estimate of drug-likeness (QED) is 0.295. The second kappa shape index (κ2) is 7.93. The number of aromatic nitrogens is 1. The van der Waals surface area contributed by atoms with Gasteiger partial charge >= 0.3 is 5.97 Å². The molecule has 0 unspecified atom stereocenters. The molecule has 8 nitrogen and oxygen atoms in total. The Bertz CT molecular complexity index is 485. The smallest absolute Gasteiger partial charge is 0.303 e. The third-order valence-corrected chi connectivity index (χ3v) is 2.62. The maximum Gasteiger partial charge on any atom is 0.303 e. The highest BCUT2D eigenvalue weighted by atomic mass is 32.1. The standard InChI is InChI=1S/C10H11N3O5S/c14-4-7(13-18-3-1-2-9(16)17)8-5-19-10(12-8)11-6-15/h4-6H,1-3H2,(H,16,17)(H,11,12,15)/b13-7-. The molecule has 1 rings (SSSR count). The Kier molecular flexibility index (Phi) is 6.16. The van der Waals surface area contributed by atoms with E-state index >= 15 is 0 Å². The fourth-order valence-electron chi connectivity index (χ4n) is 1.04. The summed E-state index contributed by atoms with van der Waals surface area (Å²) < 4.78 is 0. The SMILES string of the molecule is O=CNc1nc(/C(C=O)=N\OCCCC(=O)O)cs1. The Balaban J connectivity index is 2.53. The van der Waals surface area contributed by atoms with E-state index in [0.29, 0.717) is 24.2 Å². The summed E-state index contributed by atoms with van der Waals surface area (Å²) in [5.74, 6) is -0.924. The van der Waals surface area contributed by atoms with Crippen molar-refractivity contribution in [2.24, 2.45) is 5.16 Å². The first kappa shape index (κ1) is 14.8. The fourth-order valence-corrected chi connectivity index (χ4v) is 1.70. The van der Waals surface area contributed by atoms with E-state index in [9.17, 15) is 14.4 Å². The first-order chi connectivity index (χ1) is 9.17. The zero-order chi connectivity index (χ0) is 14.1. The van der Waals surface area contributed by atoms with Crippen molar-refractivity contribution in [2.75, 3.05) is 11.9 Å². The van der Waals surface area contributed by atoms with E-state index in [2.05, 4.69) is 15.5 Å². The molecule has 0 radical (unpaired) electrons. The lowest BCUT2D eigenvalue weighted by atomic mass is 10.3. The van der Waals surface area contributed by atoms with Gasteiger partial charge in [-0.3, -0.25) is 14.4 Å². The van der Waals surface area contributed by atoms with Gasteiger partial charge in [-0.15, -0.1) is 11.3 Å². The molecule has 0 fully saturated rings. The number of nitrogens with one attached hydrogen (secondary N) is 1. The van der Waals surface area contributed by atoms with Crippen LogP contribution in [0.5, 0.6) is 0 Å². The van der Waals surface area contributed by atoms with Gasteiger partial charge in [-0.25, -0.2) is 4.98 Å². The second-order valence-corrected chi connectivity index (χ2v) is 4.08. The highest BCUT2D eigenvalue weighted by Crippen LogP contribution is 2.14. The number of aliphatic carboxylic acids is 1. The van der Waals surface area contributed by atoms with Crippen LogP contribution >= 0.6 is 11.3 Å². The molecule has 0 aliphatic heterocycles. The number of carboxylic acid groups (broad SMARTS) is 1. The summed E-state index contributed by atoms with van der Waals surface area (Å²) in [4.78, 5) is 40.0. The summed E-state index contributed by atoms with van der Waals surface area (Å²) in [5, 5.41) is 16.2. The van der Waals surface area contributed by atoms with Crippen LogP contribution in [0.25, 0.3) is 0 Å². The van der Waals surface area contributed by atoms with Crippen molar-refractivity contribution in [3.8, 4) is 0 Å². The van der Waals surface area contributed by atoms with E-state index in [1.807, 2.05) is 0 Å². The number of thiazole rings is 1. The molecule has 102 valence electrons. The number of hydrogen-bond acceptors (Lipinski definition) is 7. The van der Waals surface area contributed by atoms with Gasteiger partial charge in [0.25, 0.3) is 0 Å². The van der Waals surface area contributed by atoms with E-state index in [-0.39, 0.29) is 24.4 Å².